The van der Waals surface area contributed by atoms with Gasteiger partial charge in [0.2, 0.25) is 5.91 Å². The molecule has 1 amide bonds. The summed E-state index contributed by atoms with van der Waals surface area (Å²) in [6.45, 7) is 2.38. The highest BCUT2D eigenvalue weighted by atomic mass is 16.1. The average Bonchev–Trinajstić information content (AvgIpc) is 2.72. The summed E-state index contributed by atoms with van der Waals surface area (Å²) in [6, 6.07) is 12.2. The summed E-state index contributed by atoms with van der Waals surface area (Å²) >= 11 is 0. The topological polar surface area (TPSA) is 81.9 Å². The summed E-state index contributed by atoms with van der Waals surface area (Å²) in [5, 5.41) is 12.2. The van der Waals surface area contributed by atoms with Gasteiger partial charge in [-0.25, -0.2) is 9.97 Å². The Bertz CT molecular complexity index is 763. The number of aryl methyl sites for hydroxylation is 1. The highest BCUT2D eigenvalue weighted by molar-refractivity contribution is 5.76. The van der Waals surface area contributed by atoms with Crippen LogP contribution < -0.4 is 10.2 Å². The first kappa shape index (κ1) is 17.9. The van der Waals surface area contributed by atoms with Gasteiger partial charge in [0.05, 0.1) is 0 Å². The Balaban J connectivity index is 1.40. The lowest BCUT2D eigenvalue weighted by atomic mass is 9.96. The SMILES string of the molecule is N#Cc1nccnc1N1CCC(CNC(=O)CCc2ccccc2)CC1. The van der Waals surface area contributed by atoms with Crippen molar-refractivity contribution >= 4 is 11.7 Å². The first-order valence-electron chi connectivity index (χ1n) is 9.03. The van der Waals surface area contributed by atoms with Gasteiger partial charge in [-0.1, -0.05) is 30.3 Å². The second kappa shape index (κ2) is 8.95. The fraction of sp³-hybridized carbons (Fsp3) is 0.400. The van der Waals surface area contributed by atoms with Gasteiger partial charge in [-0.2, -0.15) is 5.26 Å². The van der Waals surface area contributed by atoms with Crippen LogP contribution in [-0.2, 0) is 11.2 Å². The third-order valence-electron chi connectivity index (χ3n) is 4.77. The average molecular weight is 349 g/mol. The molecule has 2 heterocycles. The standard InChI is InChI=1S/C20H23N5O/c21-14-18-20(23-11-10-22-18)25-12-8-17(9-13-25)15-24-19(26)7-6-16-4-2-1-3-5-16/h1-5,10-11,17H,6-9,12-13,15H2,(H,24,26). The van der Waals surface area contributed by atoms with Crippen molar-refractivity contribution in [2.24, 2.45) is 5.92 Å². The number of nitrogens with one attached hydrogen (secondary N) is 1. The maximum Gasteiger partial charge on any atom is 0.220 e. The molecule has 6 nitrogen and oxygen atoms in total. The van der Waals surface area contributed by atoms with Crippen LogP contribution in [-0.4, -0.2) is 35.5 Å². The van der Waals surface area contributed by atoms with Crippen molar-refractivity contribution in [1.29, 1.82) is 5.26 Å². The fourth-order valence-corrected chi connectivity index (χ4v) is 3.24. The number of hydrogen-bond donors (Lipinski definition) is 1. The number of aromatic nitrogens is 2. The highest BCUT2D eigenvalue weighted by Crippen LogP contribution is 2.22. The van der Waals surface area contributed by atoms with Crippen LogP contribution in [0, 0.1) is 17.2 Å². The number of anilines is 1. The number of carbonyl (C=O) groups excluding carboxylic acids is 1. The number of nitriles is 1. The van der Waals surface area contributed by atoms with E-state index in [-0.39, 0.29) is 5.91 Å². The minimum absolute atomic E-state index is 0.108. The smallest absolute Gasteiger partial charge is 0.220 e. The van der Waals surface area contributed by atoms with Crippen LogP contribution in [0.5, 0.6) is 0 Å². The first-order valence-corrected chi connectivity index (χ1v) is 9.03. The summed E-state index contributed by atoms with van der Waals surface area (Å²) in [6.07, 6.45) is 6.40. The molecule has 0 radical (unpaired) electrons. The molecule has 134 valence electrons. The number of rotatable bonds is 6. The Morgan fingerprint density at radius 1 is 1.19 bits per heavy atom. The van der Waals surface area contributed by atoms with E-state index in [2.05, 4.69) is 26.3 Å². The van der Waals surface area contributed by atoms with Crippen LogP contribution >= 0.6 is 0 Å². The van der Waals surface area contributed by atoms with Crippen LogP contribution in [0.3, 0.4) is 0 Å². The number of hydrogen-bond acceptors (Lipinski definition) is 5. The molecular weight excluding hydrogens is 326 g/mol. The third-order valence-corrected chi connectivity index (χ3v) is 4.77. The van der Waals surface area contributed by atoms with Crippen molar-refractivity contribution < 1.29 is 4.79 Å². The van der Waals surface area contributed by atoms with Crippen molar-refractivity contribution in [2.75, 3.05) is 24.5 Å². The van der Waals surface area contributed by atoms with E-state index < -0.39 is 0 Å². The van der Waals surface area contributed by atoms with Crippen molar-refractivity contribution in [3.8, 4) is 6.07 Å². The van der Waals surface area contributed by atoms with E-state index in [1.54, 1.807) is 12.4 Å². The van der Waals surface area contributed by atoms with E-state index in [1.807, 2.05) is 30.3 Å². The van der Waals surface area contributed by atoms with Gasteiger partial charge in [-0.3, -0.25) is 4.79 Å². The maximum absolute atomic E-state index is 12.1. The lowest BCUT2D eigenvalue weighted by Gasteiger charge is -2.32. The molecule has 0 atom stereocenters. The molecule has 0 spiro atoms. The molecule has 1 aliphatic rings. The predicted molar refractivity (Wildman–Crippen MR) is 99.5 cm³/mol. The van der Waals surface area contributed by atoms with Crippen LogP contribution in [0.4, 0.5) is 5.82 Å². The van der Waals surface area contributed by atoms with Gasteiger partial charge in [-0.15, -0.1) is 0 Å². The first-order chi connectivity index (χ1) is 12.8. The zero-order valence-corrected chi connectivity index (χ0v) is 14.8. The Labute approximate surface area is 153 Å². The Morgan fingerprint density at radius 2 is 1.92 bits per heavy atom. The van der Waals surface area contributed by atoms with Crippen LogP contribution in [0.15, 0.2) is 42.7 Å². The van der Waals surface area contributed by atoms with Crippen LogP contribution in [0.25, 0.3) is 0 Å². The molecular formula is C20H23N5O. The lowest BCUT2D eigenvalue weighted by molar-refractivity contribution is -0.121. The number of carbonyl (C=O) groups is 1. The molecule has 1 N–H and O–H groups in total. The molecule has 3 rings (SSSR count). The number of benzene rings is 1. The van der Waals surface area contributed by atoms with E-state index in [9.17, 15) is 4.79 Å². The number of amides is 1. The van der Waals surface area contributed by atoms with E-state index in [1.165, 1.54) is 5.56 Å². The third kappa shape index (κ3) is 4.79. The molecule has 26 heavy (non-hydrogen) atoms. The molecule has 1 fully saturated rings. The maximum atomic E-state index is 12.1. The van der Waals surface area contributed by atoms with Gasteiger partial charge in [0, 0.05) is 38.4 Å². The lowest BCUT2D eigenvalue weighted by Crippen LogP contribution is -2.39. The van der Waals surface area contributed by atoms with Crippen molar-refractivity contribution in [3.63, 3.8) is 0 Å². The van der Waals surface area contributed by atoms with E-state index in [0.717, 1.165) is 32.4 Å². The highest BCUT2D eigenvalue weighted by Gasteiger charge is 2.22. The van der Waals surface area contributed by atoms with Gasteiger partial charge in [0.1, 0.15) is 6.07 Å². The Morgan fingerprint density at radius 3 is 2.65 bits per heavy atom. The van der Waals surface area contributed by atoms with Crippen LogP contribution in [0.1, 0.15) is 30.5 Å². The van der Waals surface area contributed by atoms with Gasteiger partial charge >= 0.3 is 0 Å². The van der Waals surface area contributed by atoms with E-state index >= 15 is 0 Å². The van der Waals surface area contributed by atoms with Gasteiger partial charge in [-0.05, 0) is 30.7 Å². The minimum Gasteiger partial charge on any atom is -0.356 e. The van der Waals surface area contributed by atoms with Crippen LogP contribution in [0.2, 0.25) is 0 Å². The summed E-state index contributed by atoms with van der Waals surface area (Å²) in [5.41, 5.74) is 1.56. The molecule has 0 unspecified atom stereocenters. The molecule has 1 aromatic heterocycles. The monoisotopic (exact) mass is 349 g/mol. The zero-order valence-electron chi connectivity index (χ0n) is 14.8. The molecule has 6 heteroatoms. The zero-order chi connectivity index (χ0) is 18.2. The summed E-state index contributed by atoms with van der Waals surface area (Å²) < 4.78 is 0. The van der Waals surface area contributed by atoms with Crippen molar-refractivity contribution in [1.82, 2.24) is 15.3 Å². The molecule has 0 aliphatic carbocycles. The Hall–Kier alpha value is -2.94. The second-order valence-corrected chi connectivity index (χ2v) is 6.56. The van der Waals surface area contributed by atoms with E-state index in [0.29, 0.717) is 30.4 Å². The normalized spacial score (nSPS) is 14.7. The second-order valence-electron chi connectivity index (χ2n) is 6.56. The summed E-state index contributed by atoms with van der Waals surface area (Å²) in [4.78, 5) is 22.5. The van der Waals surface area contributed by atoms with Gasteiger partial charge in [0.15, 0.2) is 11.5 Å². The van der Waals surface area contributed by atoms with Gasteiger partial charge < -0.3 is 10.2 Å². The molecule has 2 aromatic rings. The Kier molecular flexibility index (Phi) is 6.15. The quantitative estimate of drug-likeness (QED) is 0.865. The fourth-order valence-electron chi connectivity index (χ4n) is 3.24. The minimum atomic E-state index is 0.108. The largest absolute Gasteiger partial charge is 0.356 e. The van der Waals surface area contributed by atoms with E-state index in [4.69, 9.17) is 5.26 Å². The number of nitrogens with zero attached hydrogens (tertiary/aromatic N) is 4. The van der Waals surface area contributed by atoms with Crippen molar-refractivity contribution in [2.45, 2.75) is 25.7 Å². The summed E-state index contributed by atoms with van der Waals surface area (Å²) in [5.74, 6) is 1.24. The van der Waals surface area contributed by atoms with Gasteiger partial charge in [0.25, 0.3) is 0 Å². The molecule has 0 saturated carbocycles. The van der Waals surface area contributed by atoms with Crippen molar-refractivity contribution in [3.05, 3.63) is 54.0 Å². The molecule has 1 aromatic carbocycles. The molecule has 1 aliphatic heterocycles. The molecule has 1 saturated heterocycles. The predicted octanol–water partition coefficient (Wildman–Crippen LogP) is 2.31. The summed E-state index contributed by atoms with van der Waals surface area (Å²) in [7, 11) is 0. The number of piperidine rings is 1. The molecule has 0 bridgehead atoms.